The summed E-state index contributed by atoms with van der Waals surface area (Å²) < 4.78 is 13.2. The van der Waals surface area contributed by atoms with Gasteiger partial charge in [0.1, 0.15) is 11.9 Å². The molecule has 5 heteroatoms. The van der Waals surface area contributed by atoms with Gasteiger partial charge in [-0.1, -0.05) is 18.2 Å². The number of nitrogens with zero attached hydrogens (tertiary/aromatic N) is 1. The van der Waals surface area contributed by atoms with E-state index in [4.69, 9.17) is 5.73 Å². The number of carbonyl (C=O) groups is 1. The van der Waals surface area contributed by atoms with E-state index in [1.807, 2.05) is 25.1 Å². The van der Waals surface area contributed by atoms with Crippen LogP contribution in [0.4, 0.5) is 21.5 Å². The number of hydrogen-bond acceptors (Lipinski definition) is 3. The fraction of sp³-hybridized carbons (Fsp3) is 0.235. The first-order valence-electron chi connectivity index (χ1n) is 7.26. The van der Waals surface area contributed by atoms with E-state index >= 15 is 0 Å². The smallest absolute Gasteiger partial charge is 0.246 e. The first-order chi connectivity index (χ1) is 10.6. The van der Waals surface area contributed by atoms with E-state index in [2.05, 4.69) is 16.3 Å². The van der Waals surface area contributed by atoms with E-state index in [-0.39, 0.29) is 17.6 Å². The molecule has 0 bridgehead atoms. The van der Waals surface area contributed by atoms with Crippen LogP contribution in [0, 0.1) is 5.82 Å². The van der Waals surface area contributed by atoms with E-state index in [0.717, 1.165) is 18.7 Å². The fourth-order valence-electron chi connectivity index (χ4n) is 2.78. The van der Waals surface area contributed by atoms with Gasteiger partial charge in [0.15, 0.2) is 0 Å². The maximum absolute atomic E-state index is 13.2. The summed E-state index contributed by atoms with van der Waals surface area (Å²) >= 11 is 0. The largest absolute Gasteiger partial charge is 0.396 e. The number of halogens is 1. The van der Waals surface area contributed by atoms with Gasteiger partial charge in [0.25, 0.3) is 0 Å². The van der Waals surface area contributed by atoms with E-state index in [9.17, 15) is 9.18 Å². The Kier molecular flexibility index (Phi) is 3.71. The molecule has 1 atom stereocenters. The average molecular weight is 299 g/mol. The summed E-state index contributed by atoms with van der Waals surface area (Å²) in [6, 6.07) is 12.0. The predicted octanol–water partition coefficient (Wildman–Crippen LogP) is 2.80. The zero-order valence-electron chi connectivity index (χ0n) is 12.3. The Balaban J connectivity index is 1.74. The first kappa shape index (κ1) is 14.4. The van der Waals surface area contributed by atoms with Crippen LogP contribution in [0.15, 0.2) is 42.5 Å². The Labute approximate surface area is 128 Å². The van der Waals surface area contributed by atoms with Crippen molar-refractivity contribution < 1.29 is 9.18 Å². The third kappa shape index (κ3) is 2.62. The van der Waals surface area contributed by atoms with Crippen molar-refractivity contribution >= 4 is 23.0 Å². The normalized spacial score (nSPS) is 14.5. The minimum absolute atomic E-state index is 0.0250. The van der Waals surface area contributed by atoms with Crippen LogP contribution in [0.3, 0.4) is 0 Å². The molecule has 3 rings (SSSR count). The molecule has 22 heavy (non-hydrogen) atoms. The van der Waals surface area contributed by atoms with Gasteiger partial charge in [-0.25, -0.2) is 4.39 Å². The number of hydrogen-bond donors (Lipinski definition) is 2. The van der Waals surface area contributed by atoms with Crippen LogP contribution in [0.2, 0.25) is 0 Å². The standard InChI is InChI=1S/C17H18FN3O/c1-11(21-9-8-12-4-2-3-5-16(12)21)17(22)20-13-6-7-14(18)15(19)10-13/h2-7,10-11H,8-9,19H2,1H3,(H,20,22). The molecule has 2 aromatic carbocycles. The number of para-hydroxylation sites is 1. The molecule has 0 aliphatic carbocycles. The van der Waals surface area contributed by atoms with Crippen molar-refractivity contribution in [3.8, 4) is 0 Å². The number of amides is 1. The summed E-state index contributed by atoms with van der Waals surface area (Å²) in [7, 11) is 0. The lowest BCUT2D eigenvalue weighted by atomic mass is 10.1. The summed E-state index contributed by atoms with van der Waals surface area (Å²) in [5.74, 6) is -0.623. The van der Waals surface area contributed by atoms with E-state index in [1.54, 1.807) is 0 Å². The number of benzene rings is 2. The number of nitrogens with one attached hydrogen (secondary N) is 1. The molecule has 4 nitrogen and oxygen atoms in total. The summed E-state index contributed by atoms with van der Waals surface area (Å²) in [4.78, 5) is 14.5. The number of nitrogens with two attached hydrogens (primary N) is 1. The number of fused-ring (bicyclic) bond motifs is 1. The number of rotatable bonds is 3. The van der Waals surface area contributed by atoms with Gasteiger partial charge in [-0.05, 0) is 43.2 Å². The van der Waals surface area contributed by atoms with E-state index in [0.29, 0.717) is 5.69 Å². The lowest BCUT2D eigenvalue weighted by molar-refractivity contribution is -0.117. The monoisotopic (exact) mass is 299 g/mol. The third-order valence-electron chi connectivity index (χ3n) is 4.03. The highest BCUT2D eigenvalue weighted by molar-refractivity contribution is 5.97. The summed E-state index contributed by atoms with van der Waals surface area (Å²) in [6.07, 6.45) is 0.942. The molecule has 0 saturated carbocycles. The Morgan fingerprint density at radius 1 is 1.32 bits per heavy atom. The number of carbonyl (C=O) groups excluding carboxylic acids is 1. The summed E-state index contributed by atoms with van der Waals surface area (Å²) in [5, 5.41) is 2.79. The SMILES string of the molecule is CC(C(=O)Nc1ccc(F)c(N)c1)N1CCc2ccccc21. The highest BCUT2D eigenvalue weighted by Crippen LogP contribution is 2.29. The van der Waals surface area contributed by atoms with Crippen molar-refractivity contribution in [1.29, 1.82) is 0 Å². The van der Waals surface area contributed by atoms with Crippen molar-refractivity contribution in [3.63, 3.8) is 0 Å². The molecular weight excluding hydrogens is 281 g/mol. The number of anilines is 3. The summed E-state index contributed by atoms with van der Waals surface area (Å²) in [6.45, 7) is 2.68. The zero-order chi connectivity index (χ0) is 15.7. The topological polar surface area (TPSA) is 58.4 Å². The Hall–Kier alpha value is -2.56. The Morgan fingerprint density at radius 3 is 2.86 bits per heavy atom. The third-order valence-corrected chi connectivity index (χ3v) is 4.03. The Bertz CT molecular complexity index is 717. The molecule has 1 amide bonds. The summed E-state index contributed by atoms with van der Waals surface area (Å²) in [5.41, 5.74) is 8.41. The molecule has 0 aromatic heterocycles. The maximum Gasteiger partial charge on any atom is 0.246 e. The highest BCUT2D eigenvalue weighted by Gasteiger charge is 2.27. The van der Waals surface area contributed by atoms with Crippen LogP contribution >= 0.6 is 0 Å². The van der Waals surface area contributed by atoms with Crippen molar-refractivity contribution in [2.24, 2.45) is 0 Å². The second kappa shape index (κ2) is 5.67. The molecule has 114 valence electrons. The van der Waals surface area contributed by atoms with Gasteiger partial charge < -0.3 is 16.0 Å². The van der Waals surface area contributed by atoms with Crippen molar-refractivity contribution in [2.75, 3.05) is 22.5 Å². The second-order valence-electron chi connectivity index (χ2n) is 5.47. The molecule has 1 heterocycles. The van der Waals surface area contributed by atoms with Crippen molar-refractivity contribution in [3.05, 3.63) is 53.8 Å². The molecule has 1 unspecified atom stereocenters. The molecule has 1 aliphatic heterocycles. The molecule has 2 aromatic rings. The van der Waals surface area contributed by atoms with Crippen molar-refractivity contribution in [1.82, 2.24) is 0 Å². The van der Waals surface area contributed by atoms with Gasteiger partial charge in [0, 0.05) is 17.9 Å². The van der Waals surface area contributed by atoms with Gasteiger partial charge in [-0.2, -0.15) is 0 Å². The van der Waals surface area contributed by atoms with Gasteiger partial charge in [-0.3, -0.25) is 4.79 Å². The molecule has 0 fully saturated rings. The minimum Gasteiger partial charge on any atom is -0.396 e. The molecule has 1 aliphatic rings. The van der Waals surface area contributed by atoms with Crippen LogP contribution in [-0.4, -0.2) is 18.5 Å². The number of nitrogen functional groups attached to an aromatic ring is 1. The highest BCUT2D eigenvalue weighted by atomic mass is 19.1. The zero-order valence-corrected chi connectivity index (χ0v) is 12.3. The van der Waals surface area contributed by atoms with Crippen LogP contribution in [0.1, 0.15) is 12.5 Å². The second-order valence-corrected chi connectivity index (χ2v) is 5.47. The van der Waals surface area contributed by atoms with Crippen molar-refractivity contribution in [2.45, 2.75) is 19.4 Å². The van der Waals surface area contributed by atoms with E-state index < -0.39 is 5.82 Å². The predicted molar refractivity (Wildman–Crippen MR) is 86.4 cm³/mol. The molecular formula is C17H18FN3O. The minimum atomic E-state index is -0.487. The van der Waals surface area contributed by atoms with E-state index in [1.165, 1.54) is 23.8 Å². The molecule has 0 radical (unpaired) electrons. The lowest BCUT2D eigenvalue weighted by Gasteiger charge is -2.26. The first-order valence-corrected chi connectivity index (χ1v) is 7.26. The van der Waals surface area contributed by atoms with Crippen LogP contribution in [-0.2, 0) is 11.2 Å². The van der Waals surface area contributed by atoms with Gasteiger partial charge in [0.05, 0.1) is 5.69 Å². The molecule has 3 N–H and O–H groups in total. The molecule has 0 saturated heterocycles. The van der Waals surface area contributed by atoms with Gasteiger partial charge in [0.2, 0.25) is 5.91 Å². The Morgan fingerprint density at radius 2 is 2.09 bits per heavy atom. The maximum atomic E-state index is 13.2. The van der Waals surface area contributed by atoms with Gasteiger partial charge >= 0.3 is 0 Å². The molecule has 0 spiro atoms. The van der Waals surface area contributed by atoms with Crippen LogP contribution in [0.25, 0.3) is 0 Å². The average Bonchev–Trinajstić information content (AvgIpc) is 2.94. The fourth-order valence-corrected chi connectivity index (χ4v) is 2.78. The van der Waals surface area contributed by atoms with Crippen LogP contribution < -0.4 is 16.0 Å². The van der Waals surface area contributed by atoms with Crippen LogP contribution in [0.5, 0.6) is 0 Å². The van der Waals surface area contributed by atoms with Gasteiger partial charge in [-0.15, -0.1) is 0 Å². The lowest BCUT2D eigenvalue weighted by Crippen LogP contribution is -2.41. The quantitative estimate of drug-likeness (QED) is 0.857.